The maximum atomic E-state index is 11.8. The Morgan fingerprint density at radius 3 is 2.79 bits per heavy atom. The average molecular weight is 323 g/mol. The summed E-state index contributed by atoms with van der Waals surface area (Å²) in [4.78, 5) is 31.2. The van der Waals surface area contributed by atoms with Gasteiger partial charge in [-0.3, -0.25) is 14.6 Å². The van der Waals surface area contributed by atoms with Gasteiger partial charge in [0.25, 0.3) is 5.91 Å². The number of hydrogen-bond donors (Lipinski definition) is 2. The van der Waals surface area contributed by atoms with Crippen LogP contribution in [-0.4, -0.2) is 39.4 Å². The Balaban J connectivity index is 1.44. The topological polar surface area (TPSA) is 88.9 Å². The molecule has 3 rings (SSSR count). The highest BCUT2D eigenvalue weighted by Crippen LogP contribution is 2.14. The molecule has 0 unspecified atom stereocenters. The number of nitrogens with one attached hydrogen (secondary N) is 2. The minimum absolute atomic E-state index is 0.0954. The number of carbonyl (C=O) groups excluding carboxylic acids is 2. The molecule has 2 heterocycles. The molecule has 0 aliphatic rings. The van der Waals surface area contributed by atoms with E-state index in [9.17, 15) is 9.59 Å². The SMILES string of the molecule is O=C(CNC(=O)c1cnccn1)NCCn1ccc2ccccc21. The Morgan fingerprint density at radius 2 is 1.96 bits per heavy atom. The quantitative estimate of drug-likeness (QED) is 0.708. The Kier molecular flexibility index (Phi) is 4.81. The van der Waals surface area contributed by atoms with Gasteiger partial charge in [-0.1, -0.05) is 18.2 Å². The van der Waals surface area contributed by atoms with Gasteiger partial charge in [-0.25, -0.2) is 4.98 Å². The molecule has 7 nitrogen and oxygen atoms in total. The van der Waals surface area contributed by atoms with E-state index >= 15 is 0 Å². The van der Waals surface area contributed by atoms with Crippen LogP contribution in [0, 0.1) is 0 Å². The van der Waals surface area contributed by atoms with Crippen LogP contribution < -0.4 is 10.6 Å². The van der Waals surface area contributed by atoms with Crippen LogP contribution in [0.5, 0.6) is 0 Å². The molecule has 7 heteroatoms. The summed E-state index contributed by atoms with van der Waals surface area (Å²) in [5.41, 5.74) is 1.31. The van der Waals surface area contributed by atoms with E-state index in [-0.39, 0.29) is 18.1 Å². The zero-order valence-corrected chi connectivity index (χ0v) is 13.0. The van der Waals surface area contributed by atoms with Gasteiger partial charge in [-0.15, -0.1) is 0 Å². The zero-order chi connectivity index (χ0) is 16.8. The number of amides is 2. The summed E-state index contributed by atoms with van der Waals surface area (Å²) >= 11 is 0. The summed E-state index contributed by atoms with van der Waals surface area (Å²) in [6.07, 6.45) is 6.25. The van der Waals surface area contributed by atoms with Crippen LogP contribution in [0.4, 0.5) is 0 Å². The molecule has 3 aromatic rings. The molecule has 0 bridgehead atoms. The molecule has 1 aromatic carbocycles. The second-order valence-corrected chi connectivity index (χ2v) is 5.19. The van der Waals surface area contributed by atoms with Crippen LogP contribution in [0.1, 0.15) is 10.5 Å². The summed E-state index contributed by atoms with van der Waals surface area (Å²) in [6.45, 7) is 1.05. The van der Waals surface area contributed by atoms with Crippen LogP contribution in [0.25, 0.3) is 10.9 Å². The third-order valence-electron chi connectivity index (χ3n) is 3.56. The largest absolute Gasteiger partial charge is 0.353 e. The summed E-state index contributed by atoms with van der Waals surface area (Å²) in [6, 6.07) is 10.1. The first-order valence-corrected chi connectivity index (χ1v) is 7.59. The molecule has 0 radical (unpaired) electrons. The summed E-state index contributed by atoms with van der Waals surface area (Å²) in [5, 5.41) is 6.46. The van der Waals surface area contributed by atoms with Crippen molar-refractivity contribution in [2.24, 2.45) is 0 Å². The molecule has 0 saturated heterocycles. The smallest absolute Gasteiger partial charge is 0.271 e. The first-order valence-electron chi connectivity index (χ1n) is 7.59. The number of nitrogens with zero attached hydrogens (tertiary/aromatic N) is 3. The van der Waals surface area contributed by atoms with Crippen molar-refractivity contribution in [3.05, 3.63) is 60.8 Å². The Labute approximate surface area is 138 Å². The molecule has 0 fully saturated rings. The molecule has 2 N–H and O–H groups in total. The fraction of sp³-hybridized carbons (Fsp3) is 0.176. The van der Waals surface area contributed by atoms with E-state index in [1.165, 1.54) is 24.0 Å². The molecule has 0 aliphatic heterocycles. The second kappa shape index (κ2) is 7.36. The number of carbonyl (C=O) groups is 2. The van der Waals surface area contributed by atoms with Crippen LogP contribution in [0.15, 0.2) is 55.1 Å². The van der Waals surface area contributed by atoms with Gasteiger partial charge < -0.3 is 15.2 Å². The molecule has 122 valence electrons. The molecule has 24 heavy (non-hydrogen) atoms. The Hall–Kier alpha value is -3.22. The van der Waals surface area contributed by atoms with E-state index in [4.69, 9.17) is 0 Å². The van der Waals surface area contributed by atoms with E-state index in [1.54, 1.807) is 0 Å². The number of para-hydroxylation sites is 1. The number of hydrogen-bond acceptors (Lipinski definition) is 4. The fourth-order valence-electron chi connectivity index (χ4n) is 2.38. The predicted octanol–water partition coefficient (Wildman–Crippen LogP) is 0.977. The lowest BCUT2D eigenvalue weighted by atomic mass is 10.2. The highest BCUT2D eigenvalue weighted by Gasteiger charge is 2.09. The molecule has 2 aromatic heterocycles. The third-order valence-corrected chi connectivity index (χ3v) is 3.56. The Morgan fingerprint density at radius 1 is 1.08 bits per heavy atom. The maximum Gasteiger partial charge on any atom is 0.271 e. The van der Waals surface area contributed by atoms with E-state index in [0.29, 0.717) is 13.1 Å². The van der Waals surface area contributed by atoms with Crippen molar-refractivity contribution in [1.29, 1.82) is 0 Å². The van der Waals surface area contributed by atoms with Crippen molar-refractivity contribution in [3.63, 3.8) is 0 Å². The van der Waals surface area contributed by atoms with Gasteiger partial charge in [0, 0.05) is 37.2 Å². The predicted molar refractivity (Wildman–Crippen MR) is 89.3 cm³/mol. The molecule has 0 spiro atoms. The van der Waals surface area contributed by atoms with Crippen molar-refractivity contribution in [3.8, 4) is 0 Å². The summed E-state index contributed by atoms with van der Waals surface area (Å²) < 4.78 is 2.08. The van der Waals surface area contributed by atoms with Gasteiger partial charge in [-0.2, -0.15) is 0 Å². The van der Waals surface area contributed by atoms with Gasteiger partial charge >= 0.3 is 0 Å². The lowest BCUT2D eigenvalue weighted by Crippen LogP contribution is -2.38. The average Bonchev–Trinajstić information content (AvgIpc) is 3.04. The first-order chi connectivity index (χ1) is 11.7. The van der Waals surface area contributed by atoms with Gasteiger partial charge in [0.1, 0.15) is 5.69 Å². The summed E-state index contributed by atoms with van der Waals surface area (Å²) in [7, 11) is 0. The van der Waals surface area contributed by atoms with Crippen molar-refractivity contribution < 1.29 is 9.59 Å². The number of rotatable bonds is 6. The summed E-state index contributed by atoms with van der Waals surface area (Å²) in [5.74, 6) is -0.668. The monoisotopic (exact) mass is 323 g/mol. The van der Waals surface area contributed by atoms with Gasteiger partial charge in [0.15, 0.2) is 0 Å². The zero-order valence-electron chi connectivity index (χ0n) is 13.0. The number of fused-ring (bicyclic) bond motifs is 1. The normalized spacial score (nSPS) is 10.5. The number of aromatic nitrogens is 3. The van der Waals surface area contributed by atoms with Crippen molar-refractivity contribution in [2.75, 3.05) is 13.1 Å². The highest BCUT2D eigenvalue weighted by molar-refractivity contribution is 5.94. The maximum absolute atomic E-state index is 11.8. The van der Waals surface area contributed by atoms with Crippen LogP contribution in [-0.2, 0) is 11.3 Å². The molecule has 0 aliphatic carbocycles. The Bertz CT molecular complexity index is 844. The highest BCUT2D eigenvalue weighted by atomic mass is 16.2. The van der Waals surface area contributed by atoms with Crippen LogP contribution in [0.2, 0.25) is 0 Å². The molecular formula is C17H17N5O2. The van der Waals surface area contributed by atoms with E-state index in [0.717, 1.165) is 5.52 Å². The minimum Gasteiger partial charge on any atom is -0.353 e. The van der Waals surface area contributed by atoms with E-state index in [1.807, 2.05) is 36.5 Å². The van der Waals surface area contributed by atoms with Crippen molar-refractivity contribution in [1.82, 2.24) is 25.2 Å². The lowest BCUT2D eigenvalue weighted by molar-refractivity contribution is -0.120. The van der Waals surface area contributed by atoms with Crippen LogP contribution in [0.3, 0.4) is 0 Å². The fourth-order valence-corrected chi connectivity index (χ4v) is 2.38. The van der Waals surface area contributed by atoms with Gasteiger partial charge in [-0.05, 0) is 17.5 Å². The van der Waals surface area contributed by atoms with Gasteiger partial charge in [0.05, 0.1) is 12.7 Å². The third kappa shape index (κ3) is 3.75. The first kappa shape index (κ1) is 15.7. The van der Waals surface area contributed by atoms with Crippen molar-refractivity contribution in [2.45, 2.75) is 6.54 Å². The lowest BCUT2D eigenvalue weighted by Gasteiger charge is -2.08. The standard InChI is InChI=1S/C17H17N5O2/c23-16(12-21-17(24)14-11-18-6-7-19-14)20-8-10-22-9-5-13-3-1-2-4-15(13)22/h1-7,9,11H,8,10,12H2,(H,20,23)(H,21,24). The van der Waals surface area contributed by atoms with E-state index in [2.05, 4.69) is 25.2 Å². The van der Waals surface area contributed by atoms with E-state index < -0.39 is 5.91 Å². The molecule has 0 saturated carbocycles. The van der Waals surface area contributed by atoms with Crippen molar-refractivity contribution >= 4 is 22.7 Å². The van der Waals surface area contributed by atoms with Crippen LogP contribution >= 0.6 is 0 Å². The molecule has 0 atom stereocenters. The molecule has 2 amide bonds. The minimum atomic E-state index is -0.422. The van der Waals surface area contributed by atoms with Gasteiger partial charge in [0.2, 0.25) is 5.91 Å². The second-order valence-electron chi connectivity index (χ2n) is 5.19. The number of benzene rings is 1. The molecular weight excluding hydrogens is 306 g/mol.